The van der Waals surface area contributed by atoms with Crippen LogP contribution >= 0.6 is 0 Å². The number of anilines is 1. The zero-order valence-electron chi connectivity index (χ0n) is 21.1. The molecule has 0 spiro atoms. The van der Waals surface area contributed by atoms with Gasteiger partial charge in [-0.15, -0.1) is 0 Å². The van der Waals surface area contributed by atoms with E-state index in [2.05, 4.69) is 21.9 Å². The number of ether oxygens (including phenoxy) is 1. The average Bonchev–Trinajstić information content (AvgIpc) is 3.37. The van der Waals surface area contributed by atoms with Crippen molar-refractivity contribution in [2.24, 2.45) is 0 Å². The molecule has 4 aromatic rings. The normalized spacial score (nSPS) is 15.3. The van der Waals surface area contributed by atoms with Crippen molar-refractivity contribution < 1.29 is 14.3 Å². The van der Waals surface area contributed by atoms with Crippen molar-refractivity contribution in [3.63, 3.8) is 0 Å². The maximum absolute atomic E-state index is 12.8. The summed E-state index contributed by atoms with van der Waals surface area (Å²) in [6, 6.07) is 14.8. The molecule has 2 aromatic heterocycles. The van der Waals surface area contributed by atoms with Crippen molar-refractivity contribution in [3.05, 3.63) is 78.6 Å². The molecule has 1 saturated heterocycles. The molecule has 10 heteroatoms. The topological polar surface area (TPSA) is 128 Å². The summed E-state index contributed by atoms with van der Waals surface area (Å²) in [5.41, 5.74) is 9.78. The molecule has 0 bridgehead atoms. The molecule has 194 valence electrons. The molecule has 0 radical (unpaired) electrons. The number of carbonyl (C=O) groups excluding carboxylic acids is 2. The maximum Gasteiger partial charge on any atom is 0.255 e. The Hall–Kier alpha value is -4.73. The number of benzene rings is 2. The number of hydrogen-bond donors (Lipinski definition) is 2. The monoisotopic (exact) mass is 511 g/mol. The third-order valence-corrected chi connectivity index (χ3v) is 6.75. The molecule has 0 saturated carbocycles. The number of methoxy groups -OCH3 is 1. The number of aromatic nitrogens is 4. The molecule has 5 rings (SSSR count). The van der Waals surface area contributed by atoms with Gasteiger partial charge in [0.1, 0.15) is 23.6 Å². The van der Waals surface area contributed by atoms with Gasteiger partial charge in [0.25, 0.3) is 5.91 Å². The Labute approximate surface area is 220 Å². The van der Waals surface area contributed by atoms with Crippen molar-refractivity contribution in [2.45, 2.75) is 25.4 Å². The molecule has 3 heterocycles. The molecule has 1 aliphatic heterocycles. The lowest BCUT2D eigenvalue weighted by Crippen LogP contribution is -2.40. The van der Waals surface area contributed by atoms with Crippen LogP contribution in [0.15, 0.2) is 67.5 Å². The van der Waals surface area contributed by atoms with Crippen LogP contribution in [0.3, 0.4) is 0 Å². The lowest BCUT2D eigenvalue weighted by Gasteiger charge is -2.32. The predicted octanol–water partition coefficient (Wildman–Crippen LogP) is 3.36. The van der Waals surface area contributed by atoms with Gasteiger partial charge in [0, 0.05) is 25.2 Å². The number of fused-ring (bicyclic) bond motifs is 1. The van der Waals surface area contributed by atoms with E-state index in [1.807, 2.05) is 35.0 Å². The van der Waals surface area contributed by atoms with Crippen LogP contribution in [0.25, 0.3) is 22.3 Å². The van der Waals surface area contributed by atoms with E-state index in [0.717, 1.165) is 24.0 Å². The second-order valence-electron chi connectivity index (χ2n) is 9.12. The lowest BCUT2D eigenvalue weighted by atomic mass is 10.1. The number of hydrogen-bond acceptors (Lipinski definition) is 7. The first-order chi connectivity index (χ1) is 18.5. The zero-order chi connectivity index (χ0) is 26.6. The number of piperidine rings is 1. The van der Waals surface area contributed by atoms with E-state index in [1.165, 1.54) is 19.5 Å². The fourth-order valence-corrected chi connectivity index (χ4v) is 4.87. The average molecular weight is 512 g/mol. The van der Waals surface area contributed by atoms with Crippen molar-refractivity contribution in [1.82, 2.24) is 30.0 Å². The minimum absolute atomic E-state index is 0.0541. The maximum atomic E-state index is 12.8. The van der Waals surface area contributed by atoms with Gasteiger partial charge in [-0.25, -0.2) is 14.6 Å². The minimum Gasteiger partial charge on any atom is -0.496 e. The van der Waals surface area contributed by atoms with Gasteiger partial charge in [0.05, 0.1) is 24.1 Å². The molecule has 2 amide bonds. The number of nitrogens with one attached hydrogen (secondary N) is 1. The van der Waals surface area contributed by atoms with Crippen LogP contribution in [0, 0.1) is 0 Å². The molecule has 3 N–H and O–H groups in total. The molecule has 2 aromatic carbocycles. The highest BCUT2D eigenvalue weighted by molar-refractivity contribution is 5.99. The fraction of sp³-hybridized carbons (Fsp3) is 0.250. The Morgan fingerprint density at radius 3 is 2.87 bits per heavy atom. The number of carbonyl (C=O) groups is 2. The second kappa shape index (κ2) is 10.7. The molecular formula is C28H29N7O3. The van der Waals surface area contributed by atoms with Crippen molar-refractivity contribution in [3.8, 4) is 17.0 Å². The number of likely N-dealkylation sites (tertiary alicyclic amines) is 1. The molecular weight excluding hydrogens is 482 g/mol. The number of nitrogens with zero attached hydrogens (tertiary/aromatic N) is 5. The lowest BCUT2D eigenvalue weighted by molar-refractivity contribution is -0.127. The Balaban J connectivity index is 1.44. The molecule has 10 nitrogen and oxygen atoms in total. The van der Waals surface area contributed by atoms with Crippen LogP contribution in [0.4, 0.5) is 5.82 Å². The highest BCUT2D eigenvalue weighted by Gasteiger charge is 2.28. The first-order valence-electron chi connectivity index (χ1n) is 12.4. The van der Waals surface area contributed by atoms with Crippen LogP contribution in [-0.2, 0) is 11.3 Å². The van der Waals surface area contributed by atoms with Crippen molar-refractivity contribution in [2.75, 3.05) is 25.9 Å². The molecule has 1 atom stereocenters. The van der Waals surface area contributed by atoms with Crippen LogP contribution in [0.1, 0.15) is 34.8 Å². The number of nitrogens with two attached hydrogens (primary N) is 1. The fourth-order valence-electron chi connectivity index (χ4n) is 4.87. The highest BCUT2D eigenvalue weighted by Crippen LogP contribution is 2.34. The van der Waals surface area contributed by atoms with Gasteiger partial charge >= 0.3 is 0 Å². The van der Waals surface area contributed by atoms with E-state index in [1.54, 1.807) is 23.1 Å². The summed E-state index contributed by atoms with van der Waals surface area (Å²) < 4.78 is 7.17. The van der Waals surface area contributed by atoms with Crippen LogP contribution in [0.2, 0.25) is 0 Å². The summed E-state index contributed by atoms with van der Waals surface area (Å²) in [7, 11) is 1.54. The van der Waals surface area contributed by atoms with Crippen molar-refractivity contribution >= 4 is 28.7 Å². The Bertz CT molecular complexity index is 1510. The third-order valence-electron chi connectivity index (χ3n) is 6.75. The van der Waals surface area contributed by atoms with E-state index in [-0.39, 0.29) is 17.9 Å². The summed E-state index contributed by atoms with van der Waals surface area (Å²) in [5, 5.41) is 8.55. The summed E-state index contributed by atoms with van der Waals surface area (Å²) in [6.45, 7) is 5.13. The second-order valence-corrected chi connectivity index (χ2v) is 9.12. The molecule has 1 aliphatic rings. The Morgan fingerprint density at radius 1 is 1.21 bits per heavy atom. The smallest absolute Gasteiger partial charge is 0.255 e. The SMILES string of the molecule is C=CC(=O)N1CCCC(n2nc(-c3cccc(CNC(=O)c4ccccc4OC)c3)c3c(N)ncnc32)C1. The van der Waals surface area contributed by atoms with Gasteiger partial charge in [-0.2, -0.15) is 5.10 Å². The summed E-state index contributed by atoms with van der Waals surface area (Å²) in [4.78, 5) is 35.5. The van der Waals surface area contributed by atoms with Gasteiger partial charge < -0.3 is 20.7 Å². The summed E-state index contributed by atoms with van der Waals surface area (Å²) in [5.74, 6) is 0.530. The van der Waals surface area contributed by atoms with Crippen molar-refractivity contribution in [1.29, 1.82) is 0 Å². The number of nitrogen functional groups attached to an aromatic ring is 1. The van der Waals surface area contributed by atoms with Gasteiger partial charge in [0.2, 0.25) is 5.91 Å². The molecule has 0 aliphatic carbocycles. The zero-order valence-corrected chi connectivity index (χ0v) is 21.1. The first kappa shape index (κ1) is 24.9. The van der Waals surface area contributed by atoms with Gasteiger partial charge in [-0.1, -0.05) is 36.9 Å². The van der Waals surface area contributed by atoms with E-state index in [4.69, 9.17) is 15.6 Å². The summed E-state index contributed by atoms with van der Waals surface area (Å²) >= 11 is 0. The van der Waals surface area contributed by atoms with E-state index in [0.29, 0.717) is 53.5 Å². The summed E-state index contributed by atoms with van der Waals surface area (Å²) in [6.07, 6.45) is 4.48. The first-order valence-corrected chi connectivity index (χ1v) is 12.4. The van der Waals surface area contributed by atoms with Crippen LogP contribution in [-0.4, -0.2) is 56.7 Å². The Kier molecular flexibility index (Phi) is 7.03. The molecule has 1 fully saturated rings. The number of para-hydroxylation sites is 1. The molecule has 1 unspecified atom stereocenters. The Morgan fingerprint density at radius 2 is 2.05 bits per heavy atom. The van der Waals surface area contributed by atoms with Gasteiger partial charge in [-0.05, 0) is 42.7 Å². The van der Waals surface area contributed by atoms with E-state index >= 15 is 0 Å². The van der Waals surface area contributed by atoms with Gasteiger partial charge in [0.15, 0.2) is 5.65 Å². The number of amides is 2. The van der Waals surface area contributed by atoms with Crippen LogP contribution in [0.5, 0.6) is 5.75 Å². The minimum atomic E-state index is -0.226. The van der Waals surface area contributed by atoms with Crippen LogP contribution < -0.4 is 15.8 Å². The largest absolute Gasteiger partial charge is 0.496 e. The highest BCUT2D eigenvalue weighted by atomic mass is 16.5. The molecule has 38 heavy (non-hydrogen) atoms. The number of rotatable bonds is 7. The van der Waals surface area contributed by atoms with E-state index in [9.17, 15) is 9.59 Å². The van der Waals surface area contributed by atoms with Gasteiger partial charge in [-0.3, -0.25) is 9.59 Å². The third kappa shape index (κ3) is 4.80. The quantitative estimate of drug-likeness (QED) is 0.364. The standard InChI is InChI=1S/C28H29N7O3/c1-3-23(36)34-13-7-10-20(16-34)35-27-24(26(29)31-17-32-27)25(33-35)19-9-6-8-18(14-19)15-30-28(37)21-11-4-5-12-22(21)38-2/h3-6,8-9,11-12,14,17,20H,1,7,10,13,15-16H2,2H3,(H,30,37)(H2,29,31,32). The van der Waals surface area contributed by atoms with E-state index < -0.39 is 0 Å². The predicted molar refractivity (Wildman–Crippen MR) is 144 cm³/mol.